The number of nitrogens with one attached hydrogen (secondary N) is 2. The van der Waals surface area contributed by atoms with E-state index in [2.05, 4.69) is 20.6 Å². The summed E-state index contributed by atoms with van der Waals surface area (Å²) in [5, 5.41) is 6.46. The van der Waals surface area contributed by atoms with E-state index in [0.29, 0.717) is 25.6 Å². The van der Waals surface area contributed by atoms with Gasteiger partial charge < -0.3 is 20.1 Å². The molecule has 0 aliphatic carbocycles. The van der Waals surface area contributed by atoms with Crippen LogP contribution in [0, 0.1) is 0 Å². The smallest absolute Gasteiger partial charge is 0.218 e. The van der Waals surface area contributed by atoms with Gasteiger partial charge in [0.05, 0.1) is 20.2 Å². The molecule has 1 heterocycles. The summed E-state index contributed by atoms with van der Waals surface area (Å²) in [6.45, 7) is 4.53. The molecule has 0 fully saturated rings. The van der Waals surface area contributed by atoms with Gasteiger partial charge in [-0.15, -0.1) is 0 Å². The van der Waals surface area contributed by atoms with Crippen LogP contribution in [-0.4, -0.2) is 37.7 Å². The van der Waals surface area contributed by atoms with Crippen LogP contribution in [0.1, 0.15) is 12.5 Å². The average Bonchev–Trinajstić information content (AvgIpc) is 2.64. The van der Waals surface area contributed by atoms with Crippen molar-refractivity contribution >= 4 is 5.96 Å². The van der Waals surface area contributed by atoms with Crippen molar-refractivity contribution in [1.29, 1.82) is 0 Å². The number of benzene rings is 1. The minimum absolute atomic E-state index is 0.492. The van der Waals surface area contributed by atoms with Gasteiger partial charge in [-0.25, -0.2) is 9.98 Å². The lowest BCUT2D eigenvalue weighted by Crippen LogP contribution is -2.39. The highest BCUT2D eigenvalue weighted by molar-refractivity contribution is 5.79. The van der Waals surface area contributed by atoms with Crippen LogP contribution in [-0.2, 0) is 6.54 Å². The molecule has 6 nitrogen and oxygen atoms in total. The molecule has 128 valence electrons. The molecule has 0 aliphatic rings. The Morgan fingerprint density at radius 3 is 2.71 bits per heavy atom. The lowest BCUT2D eigenvalue weighted by molar-refractivity contribution is 0.322. The molecule has 2 aromatic rings. The normalized spacial score (nSPS) is 11.0. The van der Waals surface area contributed by atoms with E-state index >= 15 is 0 Å². The number of aromatic nitrogens is 1. The maximum atomic E-state index is 5.66. The van der Waals surface area contributed by atoms with E-state index in [1.54, 1.807) is 13.3 Å². The fraction of sp³-hybridized carbons (Fsp3) is 0.333. The van der Waals surface area contributed by atoms with E-state index in [1.807, 2.05) is 49.4 Å². The number of guanidine groups is 1. The molecule has 0 atom stereocenters. The first-order chi connectivity index (χ1) is 11.8. The van der Waals surface area contributed by atoms with Crippen LogP contribution in [0.15, 0.2) is 53.7 Å². The molecule has 6 heteroatoms. The molecule has 2 rings (SSSR count). The van der Waals surface area contributed by atoms with Gasteiger partial charge in [0.1, 0.15) is 12.4 Å². The predicted octanol–water partition coefficient (Wildman–Crippen LogP) is 2.22. The van der Waals surface area contributed by atoms with Crippen LogP contribution in [0.25, 0.3) is 0 Å². The van der Waals surface area contributed by atoms with Crippen LogP contribution in [0.3, 0.4) is 0 Å². The second-order valence-electron chi connectivity index (χ2n) is 4.96. The number of methoxy groups -OCH3 is 1. The van der Waals surface area contributed by atoms with Crippen molar-refractivity contribution in [3.05, 3.63) is 54.2 Å². The summed E-state index contributed by atoms with van der Waals surface area (Å²) in [7, 11) is 1.61. The van der Waals surface area contributed by atoms with Crippen molar-refractivity contribution in [2.45, 2.75) is 13.5 Å². The maximum absolute atomic E-state index is 5.66. The fourth-order valence-electron chi connectivity index (χ4n) is 2.09. The Morgan fingerprint density at radius 1 is 1.12 bits per heavy atom. The minimum atomic E-state index is 0.492. The Balaban J connectivity index is 1.84. The predicted molar refractivity (Wildman–Crippen MR) is 95.5 cm³/mol. The highest BCUT2D eigenvalue weighted by atomic mass is 16.5. The number of rotatable bonds is 8. The van der Waals surface area contributed by atoms with Crippen molar-refractivity contribution in [3.8, 4) is 11.6 Å². The summed E-state index contributed by atoms with van der Waals surface area (Å²) in [6.07, 6.45) is 1.70. The Labute approximate surface area is 142 Å². The number of hydrogen-bond acceptors (Lipinski definition) is 4. The van der Waals surface area contributed by atoms with Gasteiger partial charge >= 0.3 is 0 Å². The number of ether oxygens (including phenoxy) is 2. The molecular formula is C18H24N4O2. The van der Waals surface area contributed by atoms with Gasteiger partial charge in [-0.2, -0.15) is 0 Å². The standard InChI is InChI=1S/C18H24N4O2/c1-3-19-18(21-12-13-24-16-9-5-4-6-10-16)22-14-15-8-7-11-20-17(15)23-2/h4-11H,3,12-14H2,1-2H3,(H2,19,21,22). The topological polar surface area (TPSA) is 67.8 Å². The van der Waals surface area contributed by atoms with E-state index in [1.165, 1.54) is 0 Å². The van der Waals surface area contributed by atoms with Crippen molar-refractivity contribution in [3.63, 3.8) is 0 Å². The Kier molecular flexibility index (Phi) is 7.40. The van der Waals surface area contributed by atoms with Crippen molar-refractivity contribution in [1.82, 2.24) is 15.6 Å². The van der Waals surface area contributed by atoms with Crippen LogP contribution in [0.5, 0.6) is 11.6 Å². The van der Waals surface area contributed by atoms with Crippen molar-refractivity contribution in [2.75, 3.05) is 26.8 Å². The van der Waals surface area contributed by atoms with Crippen molar-refractivity contribution < 1.29 is 9.47 Å². The summed E-state index contributed by atoms with van der Waals surface area (Å²) >= 11 is 0. The van der Waals surface area contributed by atoms with Gasteiger partial charge in [0.15, 0.2) is 5.96 Å². The quantitative estimate of drug-likeness (QED) is 0.442. The SMILES string of the molecule is CCNC(=NCc1cccnc1OC)NCCOc1ccccc1. The monoisotopic (exact) mass is 328 g/mol. The molecule has 0 unspecified atom stereocenters. The lowest BCUT2D eigenvalue weighted by Gasteiger charge is -2.12. The number of nitrogens with zero attached hydrogens (tertiary/aromatic N) is 2. The van der Waals surface area contributed by atoms with Gasteiger partial charge in [0.2, 0.25) is 5.88 Å². The first kappa shape index (κ1) is 17.6. The highest BCUT2D eigenvalue weighted by Gasteiger charge is 2.03. The maximum Gasteiger partial charge on any atom is 0.218 e. The summed E-state index contributed by atoms with van der Waals surface area (Å²) in [6, 6.07) is 13.6. The second kappa shape index (κ2) is 10.1. The molecule has 0 amide bonds. The molecule has 24 heavy (non-hydrogen) atoms. The molecule has 0 spiro atoms. The number of hydrogen-bond donors (Lipinski definition) is 2. The van der Waals surface area contributed by atoms with Gasteiger partial charge in [-0.3, -0.25) is 0 Å². The Hall–Kier alpha value is -2.76. The molecule has 0 radical (unpaired) electrons. The largest absolute Gasteiger partial charge is 0.492 e. The molecule has 0 aliphatic heterocycles. The summed E-state index contributed by atoms with van der Waals surface area (Å²) in [4.78, 5) is 8.73. The van der Waals surface area contributed by atoms with Crippen LogP contribution >= 0.6 is 0 Å². The highest BCUT2D eigenvalue weighted by Crippen LogP contribution is 2.14. The molecule has 2 N–H and O–H groups in total. The van der Waals surface area contributed by atoms with E-state index in [-0.39, 0.29) is 0 Å². The summed E-state index contributed by atoms with van der Waals surface area (Å²) in [5.74, 6) is 2.20. The fourth-order valence-corrected chi connectivity index (χ4v) is 2.09. The molecular weight excluding hydrogens is 304 g/mol. The Morgan fingerprint density at radius 2 is 1.96 bits per heavy atom. The van der Waals surface area contributed by atoms with E-state index in [9.17, 15) is 0 Å². The number of aliphatic imine (C=N–C) groups is 1. The zero-order chi connectivity index (χ0) is 17.0. The van der Waals surface area contributed by atoms with E-state index < -0.39 is 0 Å². The summed E-state index contributed by atoms with van der Waals surface area (Å²) in [5.41, 5.74) is 0.942. The first-order valence-corrected chi connectivity index (χ1v) is 8.01. The van der Waals surface area contributed by atoms with Gasteiger partial charge in [-0.1, -0.05) is 24.3 Å². The third-order valence-electron chi connectivity index (χ3n) is 3.20. The van der Waals surface area contributed by atoms with Crippen molar-refractivity contribution in [2.24, 2.45) is 4.99 Å². The van der Waals surface area contributed by atoms with Gasteiger partial charge in [0.25, 0.3) is 0 Å². The second-order valence-corrected chi connectivity index (χ2v) is 4.96. The van der Waals surface area contributed by atoms with Gasteiger partial charge in [0, 0.05) is 18.3 Å². The molecule has 0 saturated heterocycles. The van der Waals surface area contributed by atoms with Gasteiger partial charge in [-0.05, 0) is 25.1 Å². The zero-order valence-corrected chi connectivity index (χ0v) is 14.2. The third-order valence-corrected chi connectivity index (χ3v) is 3.20. The number of pyridine rings is 1. The molecule has 1 aromatic carbocycles. The van der Waals surface area contributed by atoms with E-state index in [4.69, 9.17) is 9.47 Å². The molecule has 0 saturated carbocycles. The third kappa shape index (κ3) is 5.79. The Bertz CT molecular complexity index is 632. The van der Waals surface area contributed by atoms with E-state index in [0.717, 1.165) is 23.8 Å². The van der Waals surface area contributed by atoms with Crippen LogP contribution in [0.4, 0.5) is 0 Å². The minimum Gasteiger partial charge on any atom is -0.492 e. The average molecular weight is 328 g/mol. The zero-order valence-electron chi connectivity index (χ0n) is 14.2. The first-order valence-electron chi connectivity index (χ1n) is 8.01. The lowest BCUT2D eigenvalue weighted by atomic mass is 10.3. The molecule has 1 aromatic heterocycles. The number of para-hydroxylation sites is 1. The summed E-state index contributed by atoms with van der Waals surface area (Å²) < 4.78 is 10.9. The van der Waals surface area contributed by atoms with Crippen LogP contribution in [0.2, 0.25) is 0 Å². The molecule has 0 bridgehead atoms. The van der Waals surface area contributed by atoms with Crippen LogP contribution < -0.4 is 20.1 Å².